The van der Waals surface area contributed by atoms with Crippen LogP contribution in [0.3, 0.4) is 0 Å². The summed E-state index contributed by atoms with van der Waals surface area (Å²) < 4.78 is 2.07. The maximum atomic E-state index is 13.3. The van der Waals surface area contributed by atoms with Gasteiger partial charge in [-0.1, -0.05) is 6.92 Å². The van der Waals surface area contributed by atoms with E-state index in [9.17, 15) is 24.3 Å². The van der Waals surface area contributed by atoms with E-state index >= 15 is 0 Å². The summed E-state index contributed by atoms with van der Waals surface area (Å²) in [6, 6.07) is 0. The summed E-state index contributed by atoms with van der Waals surface area (Å²) in [7, 11) is 0. The Morgan fingerprint density at radius 3 is 2.38 bits per heavy atom. The summed E-state index contributed by atoms with van der Waals surface area (Å²) in [6.07, 6.45) is 3.12. The first kappa shape index (κ1) is 19.9. The molecule has 4 N–H and O–H groups in total. The number of carbonyl (C=O) groups excluding carboxylic acids is 2. The van der Waals surface area contributed by atoms with Gasteiger partial charge in [0.05, 0.1) is 18.1 Å². The van der Waals surface area contributed by atoms with Gasteiger partial charge in [0.2, 0.25) is 5.91 Å². The van der Waals surface area contributed by atoms with Crippen molar-refractivity contribution in [2.24, 2.45) is 23.2 Å². The minimum atomic E-state index is -0.752. The van der Waals surface area contributed by atoms with Crippen LogP contribution >= 0.6 is 0 Å². The molecule has 1 aromatic rings. The molecule has 4 fully saturated rings. The van der Waals surface area contributed by atoms with Crippen LogP contribution in [0.2, 0.25) is 0 Å². The highest BCUT2D eigenvalue weighted by Gasteiger charge is 2.64. The summed E-state index contributed by atoms with van der Waals surface area (Å²) in [5.74, 6) is -0.238. The average Bonchev–Trinajstić information content (AvgIpc) is 3.14. The molecular formula is C20H28N4O5. The molecule has 4 saturated carbocycles. The lowest BCUT2D eigenvalue weighted by molar-refractivity contribution is -0.128. The summed E-state index contributed by atoms with van der Waals surface area (Å²) in [5.41, 5.74) is 3.99. The van der Waals surface area contributed by atoms with Crippen molar-refractivity contribution in [1.82, 2.24) is 9.13 Å². The summed E-state index contributed by atoms with van der Waals surface area (Å²) in [4.78, 5) is 50.5. The number of hydrogen-bond acceptors (Lipinski definition) is 6. The van der Waals surface area contributed by atoms with Crippen LogP contribution < -0.4 is 22.3 Å². The Balaban J connectivity index is 1.73. The second-order valence-corrected chi connectivity index (χ2v) is 8.99. The Hall–Kier alpha value is -2.42. The maximum Gasteiger partial charge on any atom is 0.333 e. The van der Waals surface area contributed by atoms with Gasteiger partial charge in [-0.3, -0.25) is 23.5 Å². The van der Waals surface area contributed by atoms with Crippen molar-refractivity contribution in [2.45, 2.75) is 65.1 Å². The standard InChI is InChI=1S/C20H28N4O5/c1-3-4-23-16(21)14(17(27)24(19(23)29)9-10(2)25)22-18(28)20-7-11-5-13(20)6-12(8-20)15(11)26/h11-13,15,26H,3-9,21H2,1-2H3,(H,22,28)/t11-,12?,13+,15-,20?/m1/s1. The largest absolute Gasteiger partial charge is 0.393 e. The number of anilines is 2. The van der Waals surface area contributed by atoms with Gasteiger partial charge in [-0.05, 0) is 56.8 Å². The van der Waals surface area contributed by atoms with Crippen molar-refractivity contribution in [2.75, 3.05) is 11.1 Å². The highest BCUT2D eigenvalue weighted by atomic mass is 16.3. The molecule has 4 bridgehead atoms. The SMILES string of the molecule is CCCn1c(N)c(NC(=O)C23CC4C[C@@H]2C[C@H](C3)[C@H]4O)c(=O)n(CC(C)=O)c1=O. The van der Waals surface area contributed by atoms with Crippen LogP contribution in [0.25, 0.3) is 0 Å². The molecule has 0 saturated heterocycles. The predicted octanol–water partition coefficient (Wildman–Crippen LogP) is 0.327. The predicted molar refractivity (Wildman–Crippen MR) is 106 cm³/mol. The number of amides is 1. The number of hydrogen-bond donors (Lipinski definition) is 3. The molecule has 0 aromatic carbocycles. The van der Waals surface area contributed by atoms with E-state index in [1.807, 2.05) is 6.92 Å². The van der Waals surface area contributed by atoms with Crippen LogP contribution in [0.1, 0.15) is 46.0 Å². The molecule has 1 aromatic heterocycles. The van der Waals surface area contributed by atoms with E-state index in [2.05, 4.69) is 5.32 Å². The first-order valence-electron chi connectivity index (χ1n) is 10.3. The van der Waals surface area contributed by atoms with E-state index in [0.29, 0.717) is 19.3 Å². The monoisotopic (exact) mass is 404 g/mol. The van der Waals surface area contributed by atoms with Crippen LogP contribution in [0, 0.1) is 23.2 Å². The number of rotatable bonds is 6. The molecule has 5 atom stereocenters. The van der Waals surface area contributed by atoms with Crippen molar-refractivity contribution in [1.29, 1.82) is 0 Å². The Morgan fingerprint density at radius 2 is 1.83 bits per heavy atom. The zero-order valence-electron chi connectivity index (χ0n) is 16.8. The number of aliphatic hydroxyl groups is 1. The number of aromatic nitrogens is 2. The number of carbonyl (C=O) groups is 2. The van der Waals surface area contributed by atoms with Gasteiger partial charge in [0, 0.05) is 6.54 Å². The fourth-order valence-electron chi connectivity index (χ4n) is 5.95. The zero-order chi connectivity index (χ0) is 21.1. The van der Waals surface area contributed by atoms with Crippen LogP contribution in [-0.4, -0.2) is 32.0 Å². The Labute approximate surface area is 167 Å². The highest BCUT2D eigenvalue weighted by molar-refractivity contribution is 5.98. The summed E-state index contributed by atoms with van der Waals surface area (Å²) >= 11 is 0. The van der Waals surface area contributed by atoms with Gasteiger partial charge in [-0.25, -0.2) is 4.79 Å². The Kier molecular flexibility index (Phi) is 4.68. The topological polar surface area (TPSA) is 136 Å². The number of Topliss-reactive ketones (excluding diaryl/α,β-unsaturated/α-hetero) is 1. The maximum absolute atomic E-state index is 13.3. The minimum Gasteiger partial charge on any atom is -0.393 e. The molecule has 4 aliphatic carbocycles. The van der Waals surface area contributed by atoms with E-state index in [1.54, 1.807) is 0 Å². The lowest BCUT2D eigenvalue weighted by atomic mass is 9.73. The molecule has 5 rings (SSSR count). The zero-order valence-corrected chi connectivity index (χ0v) is 16.8. The molecule has 1 heterocycles. The molecular weight excluding hydrogens is 376 g/mol. The third kappa shape index (κ3) is 2.86. The molecule has 4 aliphatic rings. The lowest BCUT2D eigenvalue weighted by Crippen LogP contribution is -2.46. The molecule has 9 heteroatoms. The second-order valence-electron chi connectivity index (χ2n) is 8.99. The van der Waals surface area contributed by atoms with Crippen LogP contribution in [-0.2, 0) is 22.7 Å². The van der Waals surface area contributed by atoms with Crippen LogP contribution in [0.4, 0.5) is 11.5 Å². The lowest BCUT2D eigenvalue weighted by Gasteiger charge is -2.35. The molecule has 0 radical (unpaired) electrons. The van der Waals surface area contributed by atoms with Gasteiger partial charge in [-0.2, -0.15) is 0 Å². The second kappa shape index (κ2) is 6.83. The highest BCUT2D eigenvalue weighted by Crippen LogP contribution is 2.65. The van der Waals surface area contributed by atoms with Gasteiger partial charge < -0.3 is 16.2 Å². The van der Waals surface area contributed by atoms with E-state index in [1.165, 1.54) is 11.5 Å². The van der Waals surface area contributed by atoms with Crippen LogP contribution in [0.15, 0.2) is 9.59 Å². The average molecular weight is 404 g/mol. The van der Waals surface area contributed by atoms with Crippen molar-refractivity contribution < 1.29 is 14.7 Å². The van der Waals surface area contributed by atoms with Gasteiger partial charge in [-0.15, -0.1) is 0 Å². The number of ketones is 1. The van der Waals surface area contributed by atoms with Crippen molar-refractivity contribution in [3.05, 3.63) is 20.8 Å². The molecule has 9 nitrogen and oxygen atoms in total. The number of nitrogen functional groups attached to an aromatic ring is 1. The van der Waals surface area contributed by atoms with Crippen LogP contribution in [0.5, 0.6) is 0 Å². The Bertz CT molecular complexity index is 978. The molecule has 0 aliphatic heterocycles. The summed E-state index contributed by atoms with van der Waals surface area (Å²) in [5, 5.41) is 13.1. The van der Waals surface area contributed by atoms with Gasteiger partial charge >= 0.3 is 5.69 Å². The third-order valence-electron chi connectivity index (χ3n) is 7.16. The van der Waals surface area contributed by atoms with E-state index in [-0.39, 0.29) is 60.1 Å². The molecule has 1 amide bonds. The molecule has 158 valence electrons. The fraction of sp³-hybridized carbons (Fsp3) is 0.700. The van der Waals surface area contributed by atoms with Crippen molar-refractivity contribution >= 4 is 23.2 Å². The van der Waals surface area contributed by atoms with Gasteiger partial charge in [0.25, 0.3) is 5.56 Å². The number of nitrogens with two attached hydrogens (primary N) is 1. The minimum absolute atomic E-state index is 0.0795. The van der Waals surface area contributed by atoms with Crippen molar-refractivity contribution in [3.63, 3.8) is 0 Å². The van der Waals surface area contributed by atoms with Crippen molar-refractivity contribution in [3.8, 4) is 0 Å². The van der Waals surface area contributed by atoms with Gasteiger partial charge in [0.1, 0.15) is 17.3 Å². The number of nitrogens with zero attached hydrogens (tertiary/aromatic N) is 2. The third-order valence-corrected chi connectivity index (χ3v) is 7.16. The quantitative estimate of drug-likeness (QED) is 0.625. The normalized spacial score (nSPS) is 32.0. The van der Waals surface area contributed by atoms with E-state index in [0.717, 1.165) is 17.4 Å². The fourth-order valence-corrected chi connectivity index (χ4v) is 5.95. The van der Waals surface area contributed by atoms with E-state index in [4.69, 9.17) is 5.73 Å². The first-order valence-corrected chi connectivity index (χ1v) is 10.3. The molecule has 29 heavy (non-hydrogen) atoms. The summed E-state index contributed by atoms with van der Waals surface area (Å²) in [6.45, 7) is 3.07. The first-order chi connectivity index (χ1) is 13.7. The van der Waals surface area contributed by atoms with E-state index < -0.39 is 16.7 Å². The number of aliphatic hydroxyl groups excluding tert-OH is 1. The molecule has 0 spiro atoms. The smallest absolute Gasteiger partial charge is 0.333 e. The molecule has 2 unspecified atom stereocenters. The Morgan fingerprint density at radius 1 is 1.21 bits per heavy atom. The van der Waals surface area contributed by atoms with Gasteiger partial charge in [0.15, 0.2) is 0 Å². The number of nitrogens with one attached hydrogen (secondary N) is 1.